The van der Waals surface area contributed by atoms with Crippen molar-refractivity contribution in [2.24, 2.45) is 5.92 Å². The van der Waals surface area contributed by atoms with Crippen LogP contribution in [0.25, 0.3) is 11.1 Å². The predicted octanol–water partition coefficient (Wildman–Crippen LogP) is 4.24. The van der Waals surface area contributed by atoms with E-state index in [-0.39, 0.29) is 38.0 Å². The van der Waals surface area contributed by atoms with Crippen LogP contribution in [0.15, 0.2) is 48.5 Å². The van der Waals surface area contributed by atoms with Crippen LogP contribution in [0.2, 0.25) is 0 Å². The van der Waals surface area contributed by atoms with Crippen LogP contribution in [0.3, 0.4) is 0 Å². The molecular weight excluding hydrogens is 436 g/mol. The van der Waals surface area contributed by atoms with E-state index < -0.39 is 29.8 Å². The summed E-state index contributed by atoms with van der Waals surface area (Å²) in [5.41, 5.74) is 3.80. The Labute approximate surface area is 198 Å². The molecule has 0 unspecified atom stereocenters. The van der Waals surface area contributed by atoms with Crippen LogP contribution >= 0.6 is 0 Å². The Morgan fingerprint density at radius 2 is 1.62 bits per heavy atom. The van der Waals surface area contributed by atoms with E-state index in [2.05, 4.69) is 17.4 Å². The van der Waals surface area contributed by atoms with Crippen molar-refractivity contribution in [3.8, 4) is 11.1 Å². The Morgan fingerprint density at radius 3 is 2.18 bits per heavy atom. The number of carbonyl (C=O) groups is 3. The van der Waals surface area contributed by atoms with Crippen molar-refractivity contribution in [2.45, 2.75) is 44.8 Å². The summed E-state index contributed by atoms with van der Waals surface area (Å²) in [7, 11) is 0. The normalized spacial score (nSPS) is 19.3. The van der Waals surface area contributed by atoms with E-state index in [0.717, 1.165) is 22.3 Å². The van der Waals surface area contributed by atoms with Crippen molar-refractivity contribution >= 4 is 18.2 Å². The molecule has 1 heterocycles. The maximum absolute atomic E-state index is 12.9. The van der Waals surface area contributed by atoms with Gasteiger partial charge < -0.3 is 19.9 Å². The number of carboxylic acids is 1. The fourth-order valence-corrected chi connectivity index (χ4v) is 4.73. The van der Waals surface area contributed by atoms with E-state index in [0.29, 0.717) is 0 Å². The maximum Gasteiger partial charge on any atom is 0.410 e. The number of nitrogens with zero attached hydrogens (tertiary/aromatic N) is 1. The highest BCUT2D eigenvalue weighted by atomic mass is 16.6. The molecule has 0 saturated carbocycles. The minimum absolute atomic E-state index is 0.105. The number of aliphatic carboxylic acids is 1. The zero-order valence-corrected chi connectivity index (χ0v) is 19.6. The zero-order valence-electron chi connectivity index (χ0n) is 19.6. The number of ether oxygens (including phenoxy) is 2. The fourth-order valence-electron chi connectivity index (χ4n) is 4.73. The SMILES string of the molecule is CC(C)(C)OC(=O)NC[C@@H]1C[C@@H](C(=O)O)N(C(=O)OCC2c3ccccc3-c3ccccc32)C1. The number of hydrogen-bond acceptors (Lipinski definition) is 5. The number of carbonyl (C=O) groups excluding carboxylic acids is 2. The molecule has 180 valence electrons. The fraction of sp³-hybridized carbons (Fsp3) is 0.423. The molecule has 2 aromatic rings. The summed E-state index contributed by atoms with van der Waals surface area (Å²) in [5, 5.41) is 12.3. The predicted molar refractivity (Wildman–Crippen MR) is 126 cm³/mol. The minimum atomic E-state index is -1.09. The first kappa shape index (κ1) is 23.6. The average Bonchev–Trinajstić information content (AvgIpc) is 3.35. The molecule has 2 amide bonds. The average molecular weight is 467 g/mol. The number of carboxylic acid groups (broad SMARTS) is 1. The van der Waals surface area contributed by atoms with Crippen LogP contribution in [-0.4, -0.2) is 59.5 Å². The van der Waals surface area contributed by atoms with Gasteiger partial charge in [0.1, 0.15) is 18.2 Å². The Morgan fingerprint density at radius 1 is 1.03 bits per heavy atom. The maximum atomic E-state index is 12.9. The summed E-state index contributed by atoms with van der Waals surface area (Å²) in [5.74, 6) is -1.41. The number of likely N-dealkylation sites (tertiary alicyclic amines) is 1. The van der Waals surface area contributed by atoms with Gasteiger partial charge in [-0.1, -0.05) is 48.5 Å². The highest BCUT2D eigenvalue weighted by Crippen LogP contribution is 2.44. The van der Waals surface area contributed by atoms with E-state index >= 15 is 0 Å². The van der Waals surface area contributed by atoms with Crippen LogP contribution in [-0.2, 0) is 14.3 Å². The number of rotatable bonds is 5. The van der Waals surface area contributed by atoms with Crippen molar-refractivity contribution in [1.29, 1.82) is 0 Å². The quantitative estimate of drug-likeness (QED) is 0.683. The molecule has 1 saturated heterocycles. The van der Waals surface area contributed by atoms with Gasteiger partial charge in [-0.2, -0.15) is 0 Å². The van der Waals surface area contributed by atoms with Gasteiger partial charge in [0.05, 0.1) is 0 Å². The lowest BCUT2D eigenvalue weighted by Crippen LogP contribution is -2.41. The summed E-state index contributed by atoms with van der Waals surface area (Å²) in [4.78, 5) is 37.9. The van der Waals surface area contributed by atoms with Crippen molar-refractivity contribution < 1.29 is 29.0 Å². The minimum Gasteiger partial charge on any atom is -0.480 e. The van der Waals surface area contributed by atoms with Gasteiger partial charge in [-0.15, -0.1) is 0 Å². The van der Waals surface area contributed by atoms with Gasteiger partial charge in [-0.3, -0.25) is 4.90 Å². The van der Waals surface area contributed by atoms with Gasteiger partial charge in [0.15, 0.2) is 0 Å². The van der Waals surface area contributed by atoms with Crippen molar-refractivity contribution in [1.82, 2.24) is 10.2 Å². The molecule has 1 aliphatic heterocycles. The molecule has 8 nitrogen and oxygen atoms in total. The van der Waals surface area contributed by atoms with Gasteiger partial charge in [0.2, 0.25) is 0 Å². The first-order valence-corrected chi connectivity index (χ1v) is 11.5. The Kier molecular flexibility index (Phi) is 6.50. The smallest absolute Gasteiger partial charge is 0.410 e. The largest absolute Gasteiger partial charge is 0.480 e. The molecule has 0 aromatic heterocycles. The van der Waals surface area contributed by atoms with Crippen LogP contribution in [0.4, 0.5) is 9.59 Å². The lowest BCUT2D eigenvalue weighted by Gasteiger charge is -2.23. The van der Waals surface area contributed by atoms with Crippen molar-refractivity contribution in [2.75, 3.05) is 19.7 Å². The van der Waals surface area contributed by atoms with Crippen molar-refractivity contribution in [3.05, 3.63) is 59.7 Å². The molecule has 0 bridgehead atoms. The van der Waals surface area contributed by atoms with Gasteiger partial charge in [0.25, 0.3) is 0 Å². The molecule has 2 aliphatic rings. The molecule has 8 heteroatoms. The van der Waals surface area contributed by atoms with Gasteiger partial charge in [-0.05, 0) is 55.4 Å². The standard InChI is InChI=1S/C26H30N2O6/c1-26(2,3)34-24(31)27-13-16-12-22(23(29)30)28(14-16)25(32)33-15-21-19-10-6-4-8-17(19)18-9-5-7-11-20(18)21/h4-11,16,21-22H,12-15H2,1-3H3,(H,27,31)(H,29,30)/t16-,22-/m0/s1. The van der Waals surface area contributed by atoms with Crippen molar-refractivity contribution in [3.63, 3.8) is 0 Å². The Hall–Kier alpha value is -3.55. The van der Waals surface area contributed by atoms with Crippen LogP contribution in [0, 0.1) is 5.92 Å². The first-order chi connectivity index (χ1) is 16.1. The molecule has 2 N–H and O–H groups in total. The topological polar surface area (TPSA) is 105 Å². The number of alkyl carbamates (subject to hydrolysis) is 1. The highest BCUT2D eigenvalue weighted by molar-refractivity contribution is 5.81. The van der Waals surface area contributed by atoms with E-state index in [1.54, 1.807) is 20.8 Å². The number of benzene rings is 2. The Bertz CT molecular complexity index is 1050. The highest BCUT2D eigenvalue weighted by Gasteiger charge is 2.41. The van der Waals surface area contributed by atoms with E-state index in [9.17, 15) is 19.5 Å². The van der Waals surface area contributed by atoms with Crippen LogP contribution < -0.4 is 5.32 Å². The number of amides is 2. The van der Waals surface area contributed by atoms with E-state index in [4.69, 9.17) is 9.47 Å². The second-order valence-corrected chi connectivity index (χ2v) is 9.79. The molecule has 0 radical (unpaired) electrons. The summed E-state index contributed by atoms with van der Waals surface area (Å²) in [6, 6.07) is 15.1. The third-order valence-corrected chi connectivity index (χ3v) is 6.18. The molecular formula is C26H30N2O6. The van der Waals surface area contributed by atoms with Gasteiger partial charge in [0, 0.05) is 19.0 Å². The third-order valence-electron chi connectivity index (χ3n) is 6.18. The second kappa shape index (κ2) is 9.37. The van der Waals surface area contributed by atoms with E-state index in [1.807, 2.05) is 36.4 Å². The molecule has 2 aromatic carbocycles. The van der Waals surface area contributed by atoms with Crippen LogP contribution in [0.1, 0.15) is 44.2 Å². The molecule has 0 spiro atoms. The summed E-state index contributed by atoms with van der Waals surface area (Å²) in [6.45, 7) is 5.82. The number of fused-ring (bicyclic) bond motifs is 3. The summed E-state index contributed by atoms with van der Waals surface area (Å²) in [6.07, 6.45) is -0.997. The lowest BCUT2D eigenvalue weighted by atomic mass is 9.98. The number of hydrogen-bond donors (Lipinski definition) is 2. The molecule has 1 aliphatic carbocycles. The van der Waals surface area contributed by atoms with Gasteiger partial charge in [-0.25, -0.2) is 14.4 Å². The van der Waals surface area contributed by atoms with Crippen LogP contribution in [0.5, 0.6) is 0 Å². The van der Waals surface area contributed by atoms with Gasteiger partial charge >= 0.3 is 18.2 Å². The zero-order chi connectivity index (χ0) is 24.5. The molecule has 4 rings (SSSR count). The third kappa shape index (κ3) is 5.00. The summed E-state index contributed by atoms with van der Waals surface area (Å²) >= 11 is 0. The monoisotopic (exact) mass is 466 g/mol. The van der Waals surface area contributed by atoms with E-state index in [1.165, 1.54) is 4.90 Å². The molecule has 1 fully saturated rings. The number of nitrogens with one attached hydrogen (secondary N) is 1. The molecule has 34 heavy (non-hydrogen) atoms. The second-order valence-electron chi connectivity index (χ2n) is 9.79. The molecule has 2 atom stereocenters. The first-order valence-electron chi connectivity index (χ1n) is 11.5. The summed E-state index contributed by atoms with van der Waals surface area (Å²) < 4.78 is 10.9. The Balaban J connectivity index is 1.39. The lowest BCUT2D eigenvalue weighted by molar-refractivity contribution is -0.141.